The Bertz CT molecular complexity index is 1110. The van der Waals surface area contributed by atoms with Gasteiger partial charge in [-0.3, -0.25) is 19.7 Å². The van der Waals surface area contributed by atoms with Crippen molar-refractivity contribution >= 4 is 51.7 Å². The summed E-state index contributed by atoms with van der Waals surface area (Å²) in [4.78, 5) is 35.3. The average molecular weight is 429 g/mol. The zero-order valence-corrected chi connectivity index (χ0v) is 16.2. The molecule has 2 aromatic carbocycles. The summed E-state index contributed by atoms with van der Waals surface area (Å²) in [5.74, 6) is -0.897. The highest BCUT2D eigenvalue weighted by Crippen LogP contribution is 2.22. The molecule has 10 heteroatoms. The zero-order chi connectivity index (χ0) is 20.8. The number of nitrogens with one attached hydrogen (secondary N) is 2. The Labute approximate surface area is 174 Å². The first-order valence-electron chi connectivity index (χ1n) is 8.17. The normalized spacial score (nSPS) is 10.7. The molecule has 146 valence electrons. The van der Waals surface area contributed by atoms with Crippen molar-refractivity contribution in [1.29, 1.82) is 0 Å². The summed E-state index contributed by atoms with van der Waals surface area (Å²) >= 11 is 6.96. The van der Waals surface area contributed by atoms with Crippen molar-refractivity contribution < 1.29 is 14.5 Å². The Balaban J connectivity index is 1.64. The van der Waals surface area contributed by atoms with Crippen LogP contribution in [-0.2, 0) is 0 Å². The molecule has 0 spiro atoms. The van der Waals surface area contributed by atoms with Crippen LogP contribution in [0.15, 0.2) is 65.8 Å². The molecule has 0 saturated heterocycles. The number of hydrogen-bond donors (Lipinski definition) is 2. The number of hydrazone groups is 1. The lowest BCUT2D eigenvalue weighted by molar-refractivity contribution is -0.380. The molecule has 0 aliphatic carbocycles. The van der Waals surface area contributed by atoms with Crippen LogP contribution in [0.25, 0.3) is 0 Å². The van der Waals surface area contributed by atoms with Crippen molar-refractivity contribution in [3.63, 3.8) is 0 Å². The Hall–Kier alpha value is -3.56. The first-order valence-corrected chi connectivity index (χ1v) is 9.37. The molecule has 3 rings (SSSR count). The summed E-state index contributed by atoms with van der Waals surface area (Å²) < 4.78 is 0. The smallest absolute Gasteiger partial charge is 0.322 e. The average Bonchev–Trinajstić information content (AvgIpc) is 3.17. The molecule has 0 radical (unpaired) electrons. The highest BCUT2D eigenvalue weighted by molar-refractivity contribution is 7.16. The number of carbonyl (C=O) groups excluding carboxylic acids is 2. The first kappa shape index (κ1) is 20.2. The van der Waals surface area contributed by atoms with E-state index in [1.165, 1.54) is 24.4 Å². The second-order valence-electron chi connectivity index (χ2n) is 5.65. The Kier molecular flexibility index (Phi) is 6.32. The van der Waals surface area contributed by atoms with E-state index in [1.54, 1.807) is 42.5 Å². The van der Waals surface area contributed by atoms with Gasteiger partial charge in [-0.1, -0.05) is 41.1 Å². The third-order valence-electron chi connectivity index (χ3n) is 3.65. The molecule has 1 heterocycles. The Morgan fingerprint density at radius 1 is 1.07 bits per heavy atom. The van der Waals surface area contributed by atoms with Crippen LogP contribution in [0.1, 0.15) is 25.6 Å². The minimum absolute atomic E-state index is 0.0141. The molecule has 0 unspecified atom stereocenters. The van der Waals surface area contributed by atoms with E-state index >= 15 is 0 Å². The third kappa shape index (κ3) is 5.24. The Morgan fingerprint density at radius 2 is 1.86 bits per heavy atom. The van der Waals surface area contributed by atoms with Crippen LogP contribution in [0.3, 0.4) is 0 Å². The highest BCUT2D eigenvalue weighted by atomic mass is 35.5. The van der Waals surface area contributed by atoms with Crippen LogP contribution in [-0.4, -0.2) is 23.0 Å². The second kappa shape index (κ2) is 9.09. The van der Waals surface area contributed by atoms with Gasteiger partial charge >= 0.3 is 5.00 Å². The molecule has 29 heavy (non-hydrogen) atoms. The van der Waals surface area contributed by atoms with Crippen molar-refractivity contribution in [3.8, 4) is 0 Å². The third-order valence-corrected chi connectivity index (χ3v) is 4.95. The van der Waals surface area contributed by atoms with Gasteiger partial charge in [0.25, 0.3) is 11.8 Å². The summed E-state index contributed by atoms with van der Waals surface area (Å²) in [5.41, 5.74) is 3.35. The highest BCUT2D eigenvalue weighted by Gasteiger charge is 2.12. The molecule has 1 aromatic heterocycles. The van der Waals surface area contributed by atoms with Crippen molar-refractivity contribution in [1.82, 2.24) is 5.43 Å². The van der Waals surface area contributed by atoms with E-state index in [0.29, 0.717) is 21.2 Å². The van der Waals surface area contributed by atoms with Crippen molar-refractivity contribution in [2.24, 2.45) is 5.10 Å². The van der Waals surface area contributed by atoms with E-state index < -0.39 is 16.7 Å². The summed E-state index contributed by atoms with van der Waals surface area (Å²) in [6.45, 7) is 0. The van der Waals surface area contributed by atoms with Gasteiger partial charge < -0.3 is 5.32 Å². The van der Waals surface area contributed by atoms with Gasteiger partial charge in [-0.05, 0) is 36.4 Å². The molecule has 2 amide bonds. The standard InChI is InChI=1S/C19H13ClN4O4S/c20-16-7-2-1-6-15(16)19(26)22-13-5-3-4-12(10-13)18(25)23-21-11-14-8-9-17(29-14)24(27)28/h1-11H,(H,22,26)(H,23,25). The van der Waals surface area contributed by atoms with Crippen molar-refractivity contribution in [2.45, 2.75) is 0 Å². The summed E-state index contributed by atoms with van der Waals surface area (Å²) in [5, 5.41) is 17.5. The molecule has 0 saturated carbocycles. The monoisotopic (exact) mass is 428 g/mol. The van der Waals surface area contributed by atoms with Gasteiger partial charge in [0, 0.05) is 17.3 Å². The topological polar surface area (TPSA) is 114 Å². The molecule has 0 fully saturated rings. The number of carbonyl (C=O) groups is 2. The van der Waals surface area contributed by atoms with Gasteiger partial charge in [0.2, 0.25) is 0 Å². The van der Waals surface area contributed by atoms with Gasteiger partial charge in [0.15, 0.2) is 0 Å². The van der Waals surface area contributed by atoms with Gasteiger partial charge in [-0.15, -0.1) is 0 Å². The van der Waals surface area contributed by atoms with E-state index in [4.69, 9.17) is 11.6 Å². The number of rotatable bonds is 6. The first-order chi connectivity index (χ1) is 13.9. The maximum atomic E-state index is 12.3. The summed E-state index contributed by atoms with van der Waals surface area (Å²) in [7, 11) is 0. The molecule has 8 nitrogen and oxygen atoms in total. The fraction of sp³-hybridized carbons (Fsp3) is 0. The van der Waals surface area contributed by atoms with Gasteiger partial charge in [0.05, 0.1) is 26.6 Å². The summed E-state index contributed by atoms with van der Waals surface area (Å²) in [6, 6.07) is 15.8. The number of hydrogen-bond acceptors (Lipinski definition) is 6. The predicted octanol–water partition coefficient (Wildman–Crippen LogP) is 4.33. The molecule has 3 aromatic rings. The number of benzene rings is 2. The Morgan fingerprint density at radius 3 is 2.59 bits per heavy atom. The van der Waals surface area contributed by atoms with E-state index in [9.17, 15) is 19.7 Å². The minimum Gasteiger partial charge on any atom is -0.322 e. The molecule has 2 N–H and O–H groups in total. The molecular weight excluding hydrogens is 416 g/mol. The van der Waals surface area contributed by atoms with E-state index in [-0.39, 0.29) is 10.6 Å². The maximum Gasteiger partial charge on any atom is 0.324 e. The number of nitro groups is 1. The van der Waals surface area contributed by atoms with Crippen LogP contribution in [0.4, 0.5) is 10.7 Å². The van der Waals surface area contributed by atoms with Crippen LogP contribution < -0.4 is 10.7 Å². The maximum absolute atomic E-state index is 12.3. The number of thiophene rings is 1. The lowest BCUT2D eigenvalue weighted by Gasteiger charge is -2.08. The van der Waals surface area contributed by atoms with Gasteiger partial charge in [0.1, 0.15) is 0 Å². The van der Waals surface area contributed by atoms with Crippen LogP contribution in [0.5, 0.6) is 0 Å². The fourth-order valence-electron chi connectivity index (χ4n) is 2.31. The van der Waals surface area contributed by atoms with Gasteiger partial charge in [-0.2, -0.15) is 5.10 Å². The van der Waals surface area contributed by atoms with Crippen molar-refractivity contribution in [3.05, 3.63) is 91.8 Å². The minimum atomic E-state index is -0.499. The molecule has 0 aliphatic rings. The SMILES string of the molecule is O=C(NN=Cc1ccc([N+](=O)[O-])s1)c1cccc(NC(=O)c2ccccc2Cl)c1. The lowest BCUT2D eigenvalue weighted by Crippen LogP contribution is -2.18. The van der Waals surface area contributed by atoms with Crippen LogP contribution >= 0.6 is 22.9 Å². The molecule has 0 bridgehead atoms. The van der Waals surface area contributed by atoms with Crippen LogP contribution in [0, 0.1) is 10.1 Å². The number of halogens is 1. The number of anilines is 1. The lowest BCUT2D eigenvalue weighted by atomic mass is 10.1. The fourth-order valence-corrected chi connectivity index (χ4v) is 3.23. The summed E-state index contributed by atoms with van der Waals surface area (Å²) in [6.07, 6.45) is 1.32. The zero-order valence-electron chi connectivity index (χ0n) is 14.7. The van der Waals surface area contributed by atoms with E-state index in [1.807, 2.05) is 0 Å². The number of amides is 2. The molecule has 0 atom stereocenters. The molecular formula is C19H13ClN4O4S. The van der Waals surface area contributed by atoms with E-state index in [0.717, 1.165) is 11.3 Å². The van der Waals surface area contributed by atoms with Gasteiger partial charge in [-0.25, -0.2) is 5.43 Å². The second-order valence-corrected chi connectivity index (χ2v) is 7.15. The molecule has 0 aliphatic heterocycles. The van der Waals surface area contributed by atoms with Crippen molar-refractivity contribution in [2.75, 3.05) is 5.32 Å². The number of nitrogens with zero attached hydrogens (tertiary/aromatic N) is 2. The quantitative estimate of drug-likeness (QED) is 0.345. The predicted molar refractivity (Wildman–Crippen MR) is 112 cm³/mol. The largest absolute Gasteiger partial charge is 0.324 e. The van der Waals surface area contributed by atoms with Crippen LogP contribution in [0.2, 0.25) is 5.02 Å². The van der Waals surface area contributed by atoms with E-state index in [2.05, 4.69) is 15.8 Å².